The van der Waals surface area contributed by atoms with Gasteiger partial charge in [-0.1, -0.05) is 23.4 Å². The second kappa shape index (κ2) is 13.3. The number of aliphatic hydroxyl groups is 1. The van der Waals surface area contributed by atoms with Crippen molar-refractivity contribution < 1.29 is 28.6 Å². The molecule has 3 rings (SSSR count). The number of aromatic nitrogens is 2. The van der Waals surface area contributed by atoms with Gasteiger partial charge >= 0.3 is 5.97 Å². The maximum atomic E-state index is 15.0. The first-order chi connectivity index (χ1) is 17.4. The number of nitrogens with zero attached hydrogens (tertiary/aromatic N) is 5. The van der Waals surface area contributed by atoms with E-state index in [1.54, 1.807) is 31.5 Å². The van der Waals surface area contributed by atoms with Crippen LogP contribution in [0.2, 0.25) is 0 Å². The molecule has 0 aliphatic carbocycles. The van der Waals surface area contributed by atoms with Crippen molar-refractivity contribution in [3.63, 3.8) is 0 Å². The maximum Gasteiger partial charge on any atom is 0.309 e. The molecule has 1 unspecified atom stereocenters. The molecule has 5 N–H and O–H groups in total. The quantitative estimate of drug-likeness (QED) is 0.101. The lowest BCUT2D eigenvalue weighted by atomic mass is 10.1. The van der Waals surface area contributed by atoms with Crippen LogP contribution in [0.4, 0.5) is 10.3 Å². The molecule has 13 heteroatoms. The molecule has 0 amide bonds. The van der Waals surface area contributed by atoms with E-state index in [-0.39, 0.29) is 37.1 Å². The summed E-state index contributed by atoms with van der Waals surface area (Å²) in [5, 5.41) is 13.7. The molecular weight excluding hydrogens is 473 g/mol. The van der Waals surface area contributed by atoms with Crippen molar-refractivity contribution in [2.45, 2.75) is 39.2 Å². The summed E-state index contributed by atoms with van der Waals surface area (Å²) in [4.78, 5) is 30.8. The van der Waals surface area contributed by atoms with Gasteiger partial charge in [-0.2, -0.15) is 4.99 Å². The van der Waals surface area contributed by atoms with Gasteiger partial charge in [-0.15, -0.1) is 0 Å². The van der Waals surface area contributed by atoms with E-state index in [0.717, 1.165) is 5.71 Å². The zero-order chi connectivity index (χ0) is 25.9. The van der Waals surface area contributed by atoms with Crippen LogP contribution in [0.5, 0.6) is 0 Å². The zero-order valence-electron chi connectivity index (χ0n) is 20.0. The number of guanidine groups is 1. The fourth-order valence-corrected chi connectivity index (χ4v) is 3.42. The molecule has 2 heterocycles. The molecule has 0 spiro atoms. The van der Waals surface area contributed by atoms with Gasteiger partial charge in [0.1, 0.15) is 12.4 Å². The normalized spacial score (nSPS) is 14.2. The number of esters is 1. The number of piperidine rings is 1. The van der Waals surface area contributed by atoms with Crippen LogP contribution >= 0.6 is 0 Å². The van der Waals surface area contributed by atoms with Crippen LogP contribution in [-0.2, 0) is 25.7 Å². The Morgan fingerprint density at radius 1 is 1.25 bits per heavy atom. The summed E-state index contributed by atoms with van der Waals surface area (Å²) >= 11 is 0. The van der Waals surface area contributed by atoms with Crippen LogP contribution in [-0.4, -0.2) is 65.4 Å². The molecule has 0 saturated carbocycles. The molecule has 1 aliphatic rings. The molecule has 0 radical (unpaired) electrons. The molecule has 36 heavy (non-hydrogen) atoms. The summed E-state index contributed by atoms with van der Waals surface area (Å²) in [5.74, 6) is -0.644. The third kappa shape index (κ3) is 7.85. The van der Waals surface area contributed by atoms with Gasteiger partial charge in [0.15, 0.2) is 5.96 Å². The van der Waals surface area contributed by atoms with E-state index < -0.39 is 12.2 Å². The van der Waals surface area contributed by atoms with Crippen LogP contribution in [0.25, 0.3) is 11.1 Å². The number of anilines is 1. The monoisotopic (exact) mass is 503 g/mol. The number of halogens is 1. The van der Waals surface area contributed by atoms with Crippen LogP contribution in [0.1, 0.15) is 31.7 Å². The van der Waals surface area contributed by atoms with Crippen molar-refractivity contribution in [1.82, 2.24) is 9.97 Å². The van der Waals surface area contributed by atoms with Gasteiger partial charge in [0, 0.05) is 55.0 Å². The van der Waals surface area contributed by atoms with Crippen molar-refractivity contribution in [3.8, 4) is 11.1 Å². The number of carbonyl (C=O) groups excluding carboxylic acids is 1. The molecule has 1 atom stereocenters. The van der Waals surface area contributed by atoms with Crippen LogP contribution in [0.15, 0.2) is 40.7 Å². The number of ether oxygens (including phenoxy) is 2. The molecule has 2 aromatic rings. The molecule has 1 fully saturated rings. The molecule has 1 saturated heterocycles. The lowest BCUT2D eigenvalue weighted by Crippen LogP contribution is -2.35. The second-order valence-electron chi connectivity index (χ2n) is 7.77. The van der Waals surface area contributed by atoms with Crippen molar-refractivity contribution in [2.24, 2.45) is 21.6 Å². The Bertz CT molecular complexity index is 1070. The van der Waals surface area contributed by atoms with E-state index in [9.17, 15) is 9.90 Å². The third-order valence-corrected chi connectivity index (χ3v) is 5.20. The fraction of sp³-hybridized carbons (Fsp3) is 0.435. The van der Waals surface area contributed by atoms with E-state index in [1.807, 2.05) is 4.90 Å². The minimum Gasteiger partial charge on any atom is -0.466 e. The van der Waals surface area contributed by atoms with Gasteiger partial charge in [-0.05, 0) is 6.92 Å². The van der Waals surface area contributed by atoms with E-state index in [2.05, 4.69) is 20.1 Å². The zero-order valence-corrected chi connectivity index (χ0v) is 20.0. The number of aliphatic hydroxyl groups excluding tert-OH is 1. The first-order valence-corrected chi connectivity index (χ1v) is 11.4. The van der Waals surface area contributed by atoms with E-state index in [0.29, 0.717) is 49.6 Å². The molecule has 1 aliphatic heterocycles. The maximum absolute atomic E-state index is 15.0. The Morgan fingerprint density at radius 3 is 2.64 bits per heavy atom. The number of hydrogen-bond acceptors (Lipinski definition) is 10. The van der Waals surface area contributed by atoms with Gasteiger partial charge in [0.2, 0.25) is 5.95 Å². The number of rotatable bonds is 11. The van der Waals surface area contributed by atoms with Gasteiger partial charge in [-0.25, -0.2) is 14.4 Å². The number of aliphatic imine (C=N–C) groups is 1. The highest BCUT2D eigenvalue weighted by atomic mass is 19.1. The predicted octanol–water partition coefficient (Wildman–Crippen LogP) is 1.27. The molecule has 12 nitrogen and oxygen atoms in total. The smallest absolute Gasteiger partial charge is 0.309 e. The molecular formula is C23H30FN7O5. The van der Waals surface area contributed by atoms with E-state index in [1.165, 1.54) is 6.07 Å². The second-order valence-corrected chi connectivity index (χ2v) is 7.77. The minimum absolute atomic E-state index is 0.160. The number of nitrogens with two attached hydrogens (primary N) is 2. The highest BCUT2D eigenvalue weighted by molar-refractivity contribution is 5.86. The van der Waals surface area contributed by atoms with Gasteiger partial charge in [-0.3, -0.25) is 4.79 Å². The summed E-state index contributed by atoms with van der Waals surface area (Å²) in [6.45, 7) is 3.34. The number of oxime groups is 1. The minimum atomic E-state index is -1.59. The average Bonchev–Trinajstić information content (AvgIpc) is 2.86. The van der Waals surface area contributed by atoms with Gasteiger partial charge in [0.25, 0.3) is 6.41 Å². The third-order valence-electron chi connectivity index (χ3n) is 5.20. The Hall–Kier alpha value is -3.84. The van der Waals surface area contributed by atoms with Gasteiger partial charge < -0.3 is 35.8 Å². The van der Waals surface area contributed by atoms with Crippen LogP contribution in [0.3, 0.4) is 0 Å². The Balaban J connectivity index is 1.54. The van der Waals surface area contributed by atoms with E-state index >= 15 is 4.39 Å². The number of hydrogen-bond donors (Lipinski definition) is 3. The fourth-order valence-electron chi connectivity index (χ4n) is 3.42. The Labute approximate surface area is 207 Å². The summed E-state index contributed by atoms with van der Waals surface area (Å²) in [6.07, 6.45) is 3.03. The van der Waals surface area contributed by atoms with Crippen molar-refractivity contribution in [3.05, 3.63) is 42.0 Å². The topological polar surface area (TPSA) is 171 Å². The summed E-state index contributed by atoms with van der Waals surface area (Å²) in [6, 6.07) is 4.80. The van der Waals surface area contributed by atoms with Gasteiger partial charge in [0.05, 0.1) is 25.3 Å². The highest BCUT2D eigenvalue weighted by Gasteiger charge is 2.19. The first-order valence-electron chi connectivity index (χ1n) is 11.4. The van der Waals surface area contributed by atoms with Crippen LogP contribution in [0, 0.1) is 5.82 Å². The lowest BCUT2D eigenvalue weighted by molar-refractivity contribution is -0.144. The van der Waals surface area contributed by atoms with Crippen molar-refractivity contribution in [2.75, 3.05) is 31.2 Å². The molecule has 0 bridgehead atoms. The average molecular weight is 504 g/mol. The largest absolute Gasteiger partial charge is 0.466 e. The standard InChI is InChI=1S/C23H30FN7O5/c1-2-34-19(32)8-11-36-30-17-6-9-31(10-7-17)22-27-12-16(13-28-22)18-5-3-4-15(20(18)24)14-35-23(33)29-21(25)26/h3-5,12-13,23,33H,2,6-11,14H2,1H3,(H4,25,26,29). The SMILES string of the molecule is CCOC(=O)CCON=C1CCN(c2ncc(-c3cccc(COC(O)N=C(N)N)c3F)cn2)CC1. The molecule has 194 valence electrons. The Kier molecular flexibility index (Phi) is 9.89. The summed E-state index contributed by atoms with van der Waals surface area (Å²) in [5.41, 5.74) is 12.3. The first kappa shape index (κ1) is 26.8. The number of benzene rings is 1. The molecule has 1 aromatic carbocycles. The Morgan fingerprint density at radius 2 is 1.97 bits per heavy atom. The molecule has 1 aromatic heterocycles. The van der Waals surface area contributed by atoms with Crippen molar-refractivity contribution >= 4 is 23.6 Å². The summed E-state index contributed by atoms with van der Waals surface area (Å²) < 4.78 is 24.9. The van der Waals surface area contributed by atoms with E-state index in [4.69, 9.17) is 25.8 Å². The lowest BCUT2D eigenvalue weighted by Gasteiger charge is -2.27. The summed E-state index contributed by atoms with van der Waals surface area (Å²) in [7, 11) is 0. The van der Waals surface area contributed by atoms with Crippen LogP contribution < -0.4 is 16.4 Å². The highest BCUT2D eigenvalue weighted by Crippen LogP contribution is 2.26. The number of carbonyl (C=O) groups is 1. The predicted molar refractivity (Wildman–Crippen MR) is 130 cm³/mol. The van der Waals surface area contributed by atoms with Crippen molar-refractivity contribution in [1.29, 1.82) is 0 Å².